The lowest BCUT2D eigenvalue weighted by atomic mass is 9.84. The minimum Gasteiger partial charge on any atom is -0.465 e. The van der Waals surface area contributed by atoms with E-state index in [9.17, 15) is 4.79 Å². The Morgan fingerprint density at radius 1 is 1.21 bits per heavy atom. The summed E-state index contributed by atoms with van der Waals surface area (Å²) in [6, 6.07) is 2.29. The van der Waals surface area contributed by atoms with Gasteiger partial charge in [0.25, 0.3) is 0 Å². The van der Waals surface area contributed by atoms with Crippen molar-refractivity contribution in [2.75, 3.05) is 32.2 Å². The van der Waals surface area contributed by atoms with E-state index in [2.05, 4.69) is 12.2 Å². The second-order valence-corrected chi connectivity index (χ2v) is 9.41. The molecule has 164 valence electrons. The lowest BCUT2D eigenvalue weighted by Crippen LogP contribution is -2.39. The Kier molecular flexibility index (Phi) is 8.35. The molecule has 0 atom stereocenters. The molecule has 2 saturated carbocycles. The minimum atomic E-state index is -0.335. The molecule has 6 nitrogen and oxygen atoms in total. The maximum atomic E-state index is 11.6. The van der Waals surface area contributed by atoms with Crippen molar-refractivity contribution >= 4 is 23.0 Å². The second kappa shape index (κ2) is 10.8. The molecule has 0 aromatic carbocycles. The highest BCUT2D eigenvalue weighted by molar-refractivity contribution is 7.12. The van der Waals surface area contributed by atoms with Gasteiger partial charge in [-0.05, 0) is 49.0 Å². The van der Waals surface area contributed by atoms with E-state index in [1.54, 1.807) is 0 Å². The molecule has 7 heteroatoms. The maximum absolute atomic E-state index is 11.6. The number of methoxy groups -OCH3 is 1. The molecule has 4 rings (SSSR count). The zero-order valence-corrected chi connectivity index (χ0v) is 18.5. The van der Waals surface area contributed by atoms with Crippen molar-refractivity contribution in [3.05, 3.63) is 16.3 Å². The largest absolute Gasteiger partial charge is 0.465 e. The zero-order chi connectivity index (χ0) is 20.7. The number of esters is 1. The van der Waals surface area contributed by atoms with Gasteiger partial charge < -0.3 is 24.6 Å². The van der Waals surface area contributed by atoms with Crippen LogP contribution in [0.3, 0.4) is 0 Å². The summed E-state index contributed by atoms with van der Waals surface area (Å²) < 4.78 is 16.2. The van der Waals surface area contributed by atoms with Gasteiger partial charge in [-0.3, -0.25) is 0 Å². The summed E-state index contributed by atoms with van der Waals surface area (Å²) in [5.74, 6) is 0.920. The van der Waals surface area contributed by atoms with Crippen LogP contribution < -0.4 is 5.32 Å². The predicted octanol–water partition coefficient (Wildman–Crippen LogP) is 4.44. The Bertz CT molecular complexity index is 625. The van der Waals surface area contributed by atoms with Gasteiger partial charge in [-0.25, -0.2) is 4.79 Å². The lowest BCUT2D eigenvalue weighted by molar-refractivity contribution is -0.177. The van der Waals surface area contributed by atoms with E-state index in [0.717, 1.165) is 37.3 Å². The van der Waals surface area contributed by atoms with Crippen LogP contribution in [0, 0.1) is 11.8 Å². The number of aliphatic hydroxyl groups is 1. The number of hydrogen-bond donors (Lipinski definition) is 2. The fourth-order valence-electron chi connectivity index (χ4n) is 4.39. The first-order chi connectivity index (χ1) is 14.0. The summed E-state index contributed by atoms with van der Waals surface area (Å²) in [5.41, 5.74) is 0.871. The molecule has 2 heterocycles. The Labute approximate surface area is 177 Å². The first-order valence-electron chi connectivity index (χ1n) is 10.9. The van der Waals surface area contributed by atoms with E-state index < -0.39 is 0 Å². The van der Waals surface area contributed by atoms with Gasteiger partial charge in [0, 0.05) is 25.5 Å². The summed E-state index contributed by atoms with van der Waals surface area (Å²) in [4.78, 5) is 12.3. The number of carbonyl (C=O) groups excluding carboxylic acids is 1. The maximum Gasteiger partial charge on any atom is 0.350 e. The molecule has 1 aromatic heterocycles. The molecular weight excluding hydrogens is 390 g/mol. The van der Waals surface area contributed by atoms with Crippen LogP contribution in [-0.2, 0) is 14.2 Å². The number of hydrogen-bond acceptors (Lipinski definition) is 7. The highest BCUT2D eigenvalue weighted by Gasteiger charge is 2.40. The van der Waals surface area contributed by atoms with Crippen LogP contribution >= 0.6 is 11.3 Å². The van der Waals surface area contributed by atoms with Gasteiger partial charge >= 0.3 is 5.97 Å². The van der Waals surface area contributed by atoms with Crippen LogP contribution in [0.2, 0.25) is 0 Å². The Morgan fingerprint density at radius 2 is 1.86 bits per heavy atom. The number of aliphatic hydroxyl groups excluding tert-OH is 1. The van der Waals surface area contributed by atoms with Crippen molar-refractivity contribution in [3.63, 3.8) is 0 Å². The zero-order valence-electron chi connectivity index (χ0n) is 17.7. The third-order valence-electron chi connectivity index (χ3n) is 6.35. The van der Waals surface area contributed by atoms with Crippen LogP contribution in [0.1, 0.15) is 68.0 Å². The molecule has 2 aliphatic carbocycles. The van der Waals surface area contributed by atoms with Crippen molar-refractivity contribution in [1.82, 2.24) is 0 Å². The molecule has 0 amide bonds. The van der Waals surface area contributed by atoms with Crippen molar-refractivity contribution in [1.29, 1.82) is 0 Å². The van der Waals surface area contributed by atoms with Crippen LogP contribution in [0.5, 0.6) is 0 Å². The summed E-state index contributed by atoms with van der Waals surface area (Å²) in [6.07, 6.45) is 8.92. The number of anilines is 1. The molecule has 1 aliphatic heterocycles. The van der Waals surface area contributed by atoms with Gasteiger partial charge in [0.15, 0.2) is 5.79 Å². The Hall–Kier alpha value is -1.15. The van der Waals surface area contributed by atoms with Crippen molar-refractivity contribution in [3.8, 4) is 0 Å². The fourth-order valence-corrected chi connectivity index (χ4v) is 5.17. The van der Waals surface area contributed by atoms with Crippen molar-refractivity contribution in [2.45, 2.75) is 70.1 Å². The predicted molar refractivity (Wildman–Crippen MR) is 114 cm³/mol. The van der Waals surface area contributed by atoms with Gasteiger partial charge in [-0.2, -0.15) is 0 Å². The van der Waals surface area contributed by atoms with Crippen molar-refractivity contribution in [2.24, 2.45) is 11.8 Å². The molecule has 3 aliphatic rings. The normalized spacial score (nSPS) is 26.6. The molecule has 29 heavy (non-hydrogen) atoms. The Balaban J connectivity index is 0.000000224. The SMILES string of the molecule is CC1CCC(CO)CC1.COC(=O)c1sccc1NC1CCC2(CC1)OCCO2. The fraction of sp³-hybridized carbons (Fsp3) is 0.773. The summed E-state index contributed by atoms with van der Waals surface area (Å²) >= 11 is 1.40. The minimum absolute atomic E-state index is 0.280. The van der Waals surface area contributed by atoms with E-state index in [0.29, 0.717) is 36.7 Å². The molecule has 2 N–H and O–H groups in total. The van der Waals surface area contributed by atoms with E-state index in [1.165, 1.54) is 44.1 Å². The van der Waals surface area contributed by atoms with Gasteiger partial charge in [-0.1, -0.05) is 19.8 Å². The van der Waals surface area contributed by atoms with Crippen LogP contribution in [0.4, 0.5) is 5.69 Å². The van der Waals surface area contributed by atoms with E-state index in [4.69, 9.17) is 19.3 Å². The molecule has 1 saturated heterocycles. The third kappa shape index (κ3) is 6.17. The smallest absolute Gasteiger partial charge is 0.350 e. The van der Waals surface area contributed by atoms with E-state index >= 15 is 0 Å². The monoisotopic (exact) mass is 425 g/mol. The molecule has 3 fully saturated rings. The standard InChI is InChI=1S/C14H19NO4S.C8H16O/c1-17-13(16)12-11(4-9-20-12)15-10-2-5-14(6-3-10)18-7-8-19-14;1-7-2-4-8(6-9)5-3-7/h4,9-10,15H,2-3,5-8H2,1H3;7-9H,2-6H2,1H3. The van der Waals surface area contributed by atoms with E-state index in [-0.39, 0.29) is 11.8 Å². The van der Waals surface area contributed by atoms with Crippen LogP contribution in [0.15, 0.2) is 11.4 Å². The molecule has 0 bridgehead atoms. The average molecular weight is 426 g/mol. The quantitative estimate of drug-likeness (QED) is 0.695. The summed E-state index contributed by atoms with van der Waals surface area (Å²) in [5, 5.41) is 14.1. The molecule has 0 unspecified atom stereocenters. The average Bonchev–Trinajstić information content (AvgIpc) is 3.40. The number of nitrogens with one attached hydrogen (secondary N) is 1. The number of thiophene rings is 1. The summed E-state index contributed by atoms with van der Waals surface area (Å²) in [6.45, 7) is 4.12. The van der Waals surface area contributed by atoms with Crippen LogP contribution in [-0.4, -0.2) is 49.8 Å². The highest BCUT2D eigenvalue weighted by Crippen LogP contribution is 2.37. The third-order valence-corrected chi connectivity index (χ3v) is 7.24. The molecular formula is C22H35NO5S. The van der Waals surface area contributed by atoms with Gasteiger partial charge in [0.1, 0.15) is 4.88 Å². The molecule has 0 radical (unpaired) electrons. The van der Waals surface area contributed by atoms with Gasteiger partial charge in [0.05, 0.1) is 26.0 Å². The first-order valence-corrected chi connectivity index (χ1v) is 11.7. The van der Waals surface area contributed by atoms with Gasteiger partial charge in [0.2, 0.25) is 0 Å². The molecule has 1 spiro atoms. The van der Waals surface area contributed by atoms with Crippen LogP contribution in [0.25, 0.3) is 0 Å². The topological polar surface area (TPSA) is 77.0 Å². The Morgan fingerprint density at radius 3 is 2.45 bits per heavy atom. The summed E-state index contributed by atoms with van der Waals surface area (Å²) in [7, 11) is 1.41. The van der Waals surface area contributed by atoms with E-state index in [1.807, 2.05) is 11.4 Å². The lowest BCUT2D eigenvalue weighted by Gasteiger charge is -2.35. The number of rotatable bonds is 4. The van der Waals surface area contributed by atoms with Crippen molar-refractivity contribution < 1.29 is 24.1 Å². The van der Waals surface area contributed by atoms with Gasteiger partial charge in [-0.15, -0.1) is 11.3 Å². The molecule has 1 aromatic rings. The number of ether oxygens (including phenoxy) is 3. The first kappa shape index (κ1) is 22.5. The number of carbonyl (C=O) groups is 1. The second-order valence-electron chi connectivity index (χ2n) is 8.49. The highest BCUT2D eigenvalue weighted by atomic mass is 32.1.